The van der Waals surface area contributed by atoms with Gasteiger partial charge >= 0.3 is 0 Å². The maximum Gasteiger partial charge on any atom is 0.257 e. The summed E-state index contributed by atoms with van der Waals surface area (Å²) in [5.41, 5.74) is 1.58. The Labute approximate surface area is 135 Å². The molecule has 0 unspecified atom stereocenters. The molecule has 122 valence electrons. The first-order chi connectivity index (χ1) is 11.1. The van der Waals surface area contributed by atoms with Crippen molar-refractivity contribution >= 4 is 5.91 Å². The quantitative estimate of drug-likeness (QED) is 0.865. The first-order valence-electron chi connectivity index (χ1n) is 8.16. The Kier molecular flexibility index (Phi) is 4.46. The molecule has 1 aromatic heterocycles. The molecule has 1 saturated carbocycles. The van der Waals surface area contributed by atoms with E-state index in [9.17, 15) is 9.18 Å². The van der Waals surface area contributed by atoms with Crippen molar-refractivity contribution in [1.82, 2.24) is 14.7 Å². The summed E-state index contributed by atoms with van der Waals surface area (Å²) in [5, 5.41) is 4.22. The van der Waals surface area contributed by atoms with Crippen molar-refractivity contribution in [3.63, 3.8) is 0 Å². The molecule has 0 aliphatic heterocycles. The molecular formula is C18H22FN3O. The third kappa shape index (κ3) is 3.00. The lowest BCUT2D eigenvalue weighted by Gasteiger charge is -2.31. The zero-order valence-electron chi connectivity index (χ0n) is 13.6. The SMILES string of the molecule is Cc1c(C(=O)N(C)C2CCCCC2)cnn1-c1ccccc1F. The summed E-state index contributed by atoms with van der Waals surface area (Å²) < 4.78 is 15.5. The van der Waals surface area contributed by atoms with Crippen molar-refractivity contribution in [1.29, 1.82) is 0 Å². The van der Waals surface area contributed by atoms with Crippen LogP contribution in [-0.4, -0.2) is 33.7 Å². The van der Waals surface area contributed by atoms with Gasteiger partial charge in [0.25, 0.3) is 5.91 Å². The summed E-state index contributed by atoms with van der Waals surface area (Å²) in [4.78, 5) is 14.6. The first-order valence-corrected chi connectivity index (χ1v) is 8.16. The number of benzene rings is 1. The highest BCUT2D eigenvalue weighted by atomic mass is 19.1. The summed E-state index contributed by atoms with van der Waals surface area (Å²) >= 11 is 0. The van der Waals surface area contributed by atoms with E-state index in [-0.39, 0.29) is 11.7 Å². The van der Waals surface area contributed by atoms with E-state index in [1.165, 1.54) is 30.0 Å². The van der Waals surface area contributed by atoms with E-state index >= 15 is 0 Å². The number of carbonyl (C=O) groups excluding carboxylic acids is 1. The van der Waals surface area contributed by atoms with Gasteiger partial charge in [0.1, 0.15) is 11.5 Å². The fourth-order valence-electron chi connectivity index (χ4n) is 3.31. The minimum absolute atomic E-state index is 0.0306. The number of hydrogen-bond acceptors (Lipinski definition) is 2. The van der Waals surface area contributed by atoms with Crippen molar-refractivity contribution in [2.75, 3.05) is 7.05 Å². The van der Waals surface area contributed by atoms with Crippen molar-refractivity contribution in [2.24, 2.45) is 0 Å². The summed E-state index contributed by atoms with van der Waals surface area (Å²) in [6.07, 6.45) is 7.27. The lowest BCUT2D eigenvalue weighted by Crippen LogP contribution is -2.38. The lowest BCUT2D eigenvalue weighted by atomic mass is 9.94. The molecule has 0 bridgehead atoms. The molecule has 0 N–H and O–H groups in total. The molecule has 1 aromatic carbocycles. The van der Waals surface area contributed by atoms with Crippen LogP contribution in [0.5, 0.6) is 0 Å². The summed E-state index contributed by atoms with van der Waals surface area (Å²) in [6.45, 7) is 1.81. The number of hydrogen-bond donors (Lipinski definition) is 0. The molecule has 1 aliphatic rings. The second-order valence-corrected chi connectivity index (χ2v) is 6.21. The van der Waals surface area contributed by atoms with Crippen LogP contribution in [0.1, 0.15) is 48.2 Å². The summed E-state index contributed by atoms with van der Waals surface area (Å²) in [6, 6.07) is 6.75. The third-order valence-electron chi connectivity index (χ3n) is 4.76. The molecule has 1 heterocycles. The highest BCUT2D eigenvalue weighted by Crippen LogP contribution is 2.24. The van der Waals surface area contributed by atoms with Gasteiger partial charge in [0, 0.05) is 13.1 Å². The van der Waals surface area contributed by atoms with Crippen LogP contribution in [0.4, 0.5) is 4.39 Å². The van der Waals surface area contributed by atoms with E-state index in [0.717, 1.165) is 12.8 Å². The van der Waals surface area contributed by atoms with Gasteiger partial charge in [0.05, 0.1) is 17.5 Å². The van der Waals surface area contributed by atoms with E-state index in [1.54, 1.807) is 31.3 Å². The van der Waals surface area contributed by atoms with Gasteiger partial charge in [-0.3, -0.25) is 4.79 Å². The van der Waals surface area contributed by atoms with Gasteiger partial charge in [0.2, 0.25) is 0 Å². The second kappa shape index (κ2) is 6.52. The molecule has 1 amide bonds. The number of halogens is 1. The number of carbonyl (C=O) groups is 1. The summed E-state index contributed by atoms with van der Waals surface area (Å²) in [7, 11) is 1.86. The van der Waals surface area contributed by atoms with E-state index in [2.05, 4.69) is 5.10 Å². The molecule has 1 aliphatic carbocycles. The largest absolute Gasteiger partial charge is 0.339 e. The minimum atomic E-state index is -0.349. The normalized spacial score (nSPS) is 15.6. The third-order valence-corrected chi connectivity index (χ3v) is 4.76. The molecule has 0 saturated heterocycles. The predicted octanol–water partition coefficient (Wildman–Crippen LogP) is 3.72. The van der Waals surface area contributed by atoms with Crippen LogP contribution in [-0.2, 0) is 0 Å². The van der Waals surface area contributed by atoms with E-state index in [0.29, 0.717) is 23.0 Å². The van der Waals surface area contributed by atoms with Gasteiger partial charge in [-0.25, -0.2) is 9.07 Å². The van der Waals surface area contributed by atoms with E-state index < -0.39 is 0 Å². The molecule has 2 aromatic rings. The van der Waals surface area contributed by atoms with Crippen LogP contribution in [0, 0.1) is 12.7 Å². The predicted molar refractivity (Wildman–Crippen MR) is 87.2 cm³/mol. The standard InChI is InChI=1S/C18H22FN3O/c1-13-15(18(23)21(2)14-8-4-3-5-9-14)12-20-22(13)17-11-7-6-10-16(17)19/h6-7,10-12,14H,3-5,8-9H2,1-2H3. The smallest absolute Gasteiger partial charge is 0.257 e. The minimum Gasteiger partial charge on any atom is -0.339 e. The Hall–Kier alpha value is -2.17. The van der Waals surface area contributed by atoms with Crippen LogP contribution in [0.15, 0.2) is 30.5 Å². The van der Waals surface area contributed by atoms with Crippen LogP contribution >= 0.6 is 0 Å². The number of nitrogens with zero attached hydrogens (tertiary/aromatic N) is 3. The van der Waals surface area contributed by atoms with Crippen molar-refractivity contribution < 1.29 is 9.18 Å². The van der Waals surface area contributed by atoms with E-state index in [4.69, 9.17) is 0 Å². The molecule has 0 spiro atoms. The zero-order chi connectivity index (χ0) is 16.4. The Morgan fingerprint density at radius 2 is 1.96 bits per heavy atom. The van der Waals surface area contributed by atoms with Gasteiger partial charge in [-0.1, -0.05) is 31.4 Å². The molecule has 0 radical (unpaired) electrons. The van der Waals surface area contributed by atoms with Crippen molar-refractivity contribution in [3.8, 4) is 5.69 Å². The fraction of sp³-hybridized carbons (Fsp3) is 0.444. The lowest BCUT2D eigenvalue weighted by molar-refractivity contribution is 0.0695. The molecule has 3 rings (SSSR count). The number of amides is 1. The fourth-order valence-corrected chi connectivity index (χ4v) is 3.31. The number of rotatable bonds is 3. The maximum absolute atomic E-state index is 14.0. The number of aromatic nitrogens is 2. The van der Waals surface area contributed by atoms with Gasteiger partial charge in [-0.05, 0) is 31.9 Å². The average Bonchev–Trinajstić information content (AvgIpc) is 2.96. The van der Waals surface area contributed by atoms with Crippen molar-refractivity contribution in [2.45, 2.75) is 45.1 Å². The van der Waals surface area contributed by atoms with Gasteiger partial charge in [-0.15, -0.1) is 0 Å². The maximum atomic E-state index is 14.0. The zero-order valence-corrected chi connectivity index (χ0v) is 13.6. The second-order valence-electron chi connectivity index (χ2n) is 6.21. The Bertz CT molecular complexity index is 704. The monoisotopic (exact) mass is 315 g/mol. The van der Waals surface area contributed by atoms with Crippen LogP contribution in [0.25, 0.3) is 5.69 Å². The topological polar surface area (TPSA) is 38.1 Å². The Morgan fingerprint density at radius 3 is 2.65 bits per heavy atom. The van der Waals surface area contributed by atoms with Crippen LogP contribution in [0.3, 0.4) is 0 Å². The molecule has 4 nitrogen and oxygen atoms in total. The molecule has 0 atom stereocenters. The first kappa shape index (κ1) is 15.7. The average molecular weight is 315 g/mol. The molecule has 23 heavy (non-hydrogen) atoms. The Balaban J connectivity index is 1.86. The van der Waals surface area contributed by atoms with Crippen molar-refractivity contribution in [3.05, 3.63) is 47.5 Å². The summed E-state index contributed by atoms with van der Waals surface area (Å²) in [5.74, 6) is -0.379. The van der Waals surface area contributed by atoms with Gasteiger partial charge in [0.15, 0.2) is 0 Å². The molecular weight excluding hydrogens is 293 g/mol. The highest BCUT2D eigenvalue weighted by molar-refractivity contribution is 5.95. The Morgan fingerprint density at radius 1 is 1.26 bits per heavy atom. The van der Waals surface area contributed by atoms with E-state index in [1.807, 2.05) is 11.9 Å². The van der Waals surface area contributed by atoms with Gasteiger partial charge in [-0.2, -0.15) is 5.10 Å². The number of para-hydroxylation sites is 1. The molecule has 5 heteroatoms. The van der Waals surface area contributed by atoms with Crippen LogP contribution < -0.4 is 0 Å². The van der Waals surface area contributed by atoms with Gasteiger partial charge < -0.3 is 4.90 Å². The van der Waals surface area contributed by atoms with Crippen LogP contribution in [0.2, 0.25) is 0 Å². The molecule has 1 fully saturated rings. The highest BCUT2D eigenvalue weighted by Gasteiger charge is 2.26.